The Kier molecular flexibility index (Phi) is 15.4. The zero-order chi connectivity index (χ0) is 15.8. The van der Waals surface area contributed by atoms with Crippen LogP contribution in [0.5, 0.6) is 0 Å². The Hall–Kier alpha value is -0.570. The Morgan fingerprint density at radius 1 is 0.810 bits per heavy atom. The molecule has 21 heavy (non-hydrogen) atoms. The van der Waals surface area contributed by atoms with Crippen LogP contribution in [0.1, 0.15) is 97.3 Å². The number of nitrogens with one attached hydrogen (secondary N) is 1. The van der Waals surface area contributed by atoms with Gasteiger partial charge in [-0.3, -0.25) is 4.79 Å². The van der Waals surface area contributed by atoms with Crippen molar-refractivity contribution in [1.82, 2.24) is 5.32 Å². The van der Waals surface area contributed by atoms with Gasteiger partial charge in [0, 0.05) is 6.54 Å². The van der Waals surface area contributed by atoms with Crippen LogP contribution in [0.4, 0.5) is 0 Å². The van der Waals surface area contributed by atoms with Crippen molar-refractivity contribution in [2.45, 2.75) is 103 Å². The normalized spacial score (nSPS) is 12.3. The molecule has 1 amide bonds. The van der Waals surface area contributed by atoms with Crippen LogP contribution in [0.15, 0.2) is 0 Å². The van der Waals surface area contributed by atoms with Gasteiger partial charge in [0.25, 0.3) is 0 Å². The van der Waals surface area contributed by atoms with Gasteiger partial charge in [0.05, 0.1) is 0 Å². The van der Waals surface area contributed by atoms with Crippen LogP contribution in [0.25, 0.3) is 0 Å². The first kappa shape index (κ1) is 20.4. The quantitative estimate of drug-likeness (QED) is 0.435. The molecule has 2 N–H and O–H groups in total. The molecule has 0 spiro atoms. The Labute approximate surface area is 131 Å². The fraction of sp³-hybridized carbons (Fsp3) is 0.944. The van der Waals surface area contributed by atoms with E-state index in [-0.39, 0.29) is 5.91 Å². The van der Waals surface area contributed by atoms with E-state index in [4.69, 9.17) is 0 Å². The number of hydrogen-bond donors (Lipinski definition) is 2. The third-order valence-corrected chi connectivity index (χ3v) is 3.98. The highest BCUT2D eigenvalue weighted by molar-refractivity contribution is 5.80. The molecule has 1 unspecified atom stereocenters. The number of aliphatic hydroxyl groups is 1. The smallest absolute Gasteiger partial charge is 0.248 e. The summed E-state index contributed by atoms with van der Waals surface area (Å²) in [6.45, 7) is 4.72. The van der Waals surface area contributed by atoms with Gasteiger partial charge in [-0.2, -0.15) is 0 Å². The standard InChI is InChI=1S/C18H37NO2/c1-3-5-6-7-8-9-10-11-12-13-14-15-16-17(20)18(21)19-4-2/h17,20H,3-16H2,1-2H3,(H,19,21). The number of unbranched alkanes of at least 4 members (excludes halogenated alkanes) is 11. The Balaban J connectivity index is 3.17. The summed E-state index contributed by atoms with van der Waals surface area (Å²) in [5.74, 6) is -0.222. The van der Waals surface area contributed by atoms with E-state index in [2.05, 4.69) is 12.2 Å². The molecule has 0 aliphatic heterocycles. The van der Waals surface area contributed by atoms with Crippen molar-refractivity contribution in [3.05, 3.63) is 0 Å². The molecular weight excluding hydrogens is 262 g/mol. The van der Waals surface area contributed by atoms with Gasteiger partial charge in [-0.25, -0.2) is 0 Å². The zero-order valence-corrected chi connectivity index (χ0v) is 14.3. The molecule has 0 aliphatic carbocycles. The van der Waals surface area contributed by atoms with Gasteiger partial charge in [-0.1, -0.05) is 84.0 Å². The molecular formula is C18H37NO2. The van der Waals surface area contributed by atoms with Gasteiger partial charge in [0.2, 0.25) is 5.91 Å². The summed E-state index contributed by atoms with van der Waals surface area (Å²) in [5, 5.41) is 12.2. The lowest BCUT2D eigenvalue weighted by Crippen LogP contribution is -2.34. The summed E-state index contributed by atoms with van der Waals surface area (Å²) in [6.07, 6.45) is 15.4. The maximum atomic E-state index is 11.3. The number of carbonyl (C=O) groups is 1. The van der Waals surface area contributed by atoms with Crippen LogP contribution >= 0.6 is 0 Å². The first-order valence-corrected chi connectivity index (χ1v) is 9.18. The number of aliphatic hydroxyl groups excluding tert-OH is 1. The number of likely N-dealkylation sites (N-methyl/N-ethyl adjacent to an activating group) is 1. The third kappa shape index (κ3) is 14.1. The van der Waals surface area contributed by atoms with E-state index in [1.165, 1.54) is 64.2 Å². The second-order valence-electron chi connectivity index (χ2n) is 6.09. The average Bonchev–Trinajstić information content (AvgIpc) is 2.48. The minimum absolute atomic E-state index is 0.222. The van der Waals surface area contributed by atoms with Gasteiger partial charge in [-0.15, -0.1) is 0 Å². The third-order valence-electron chi connectivity index (χ3n) is 3.98. The molecule has 0 radical (unpaired) electrons. The summed E-state index contributed by atoms with van der Waals surface area (Å²) in [7, 11) is 0. The van der Waals surface area contributed by atoms with E-state index in [0.29, 0.717) is 13.0 Å². The minimum Gasteiger partial charge on any atom is -0.383 e. The summed E-state index contributed by atoms with van der Waals surface area (Å²) in [5.41, 5.74) is 0. The van der Waals surface area contributed by atoms with Crippen LogP contribution < -0.4 is 5.32 Å². The average molecular weight is 299 g/mol. The van der Waals surface area contributed by atoms with Crippen LogP contribution in [0.3, 0.4) is 0 Å². The van der Waals surface area contributed by atoms with Crippen molar-refractivity contribution in [2.75, 3.05) is 6.54 Å². The Morgan fingerprint density at radius 3 is 1.67 bits per heavy atom. The predicted octanol–water partition coefficient (Wildman–Crippen LogP) is 4.57. The van der Waals surface area contributed by atoms with Gasteiger partial charge >= 0.3 is 0 Å². The molecule has 0 saturated carbocycles. The minimum atomic E-state index is -0.812. The first-order valence-electron chi connectivity index (χ1n) is 9.18. The first-order chi connectivity index (χ1) is 10.2. The number of hydrogen-bond acceptors (Lipinski definition) is 2. The molecule has 3 heteroatoms. The SMILES string of the molecule is CCCCCCCCCCCCCCC(O)C(=O)NCC. The van der Waals surface area contributed by atoms with Crippen molar-refractivity contribution in [3.8, 4) is 0 Å². The highest BCUT2D eigenvalue weighted by Gasteiger charge is 2.12. The lowest BCUT2D eigenvalue weighted by molar-refractivity contribution is -0.129. The van der Waals surface area contributed by atoms with E-state index in [0.717, 1.165) is 12.8 Å². The number of carbonyl (C=O) groups excluding carboxylic acids is 1. The topological polar surface area (TPSA) is 49.3 Å². The van der Waals surface area contributed by atoms with E-state index < -0.39 is 6.10 Å². The van der Waals surface area contributed by atoms with Crippen molar-refractivity contribution in [1.29, 1.82) is 0 Å². The van der Waals surface area contributed by atoms with Gasteiger partial charge in [-0.05, 0) is 13.3 Å². The van der Waals surface area contributed by atoms with E-state index in [1.807, 2.05) is 6.92 Å². The molecule has 0 heterocycles. The molecule has 0 aromatic carbocycles. The Bertz CT molecular complexity index is 231. The monoisotopic (exact) mass is 299 g/mol. The van der Waals surface area contributed by atoms with E-state index in [9.17, 15) is 9.90 Å². The molecule has 0 aromatic heterocycles. The molecule has 3 nitrogen and oxygen atoms in total. The summed E-state index contributed by atoms with van der Waals surface area (Å²) >= 11 is 0. The summed E-state index contributed by atoms with van der Waals surface area (Å²) in [4.78, 5) is 11.3. The van der Waals surface area contributed by atoms with Gasteiger partial charge < -0.3 is 10.4 Å². The van der Waals surface area contributed by atoms with Crippen molar-refractivity contribution in [2.24, 2.45) is 0 Å². The fourth-order valence-electron chi connectivity index (χ4n) is 2.60. The molecule has 0 bridgehead atoms. The molecule has 0 rings (SSSR count). The lowest BCUT2D eigenvalue weighted by Gasteiger charge is -2.09. The maximum absolute atomic E-state index is 11.3. The van der Waals surface area contributed by atoms with Gasteiger partial charge in [0.1, 0.15) is 6.10 Å². The molecule has 126 valence electrons. The fourth-order valence-corrected chi connectivity index (χ4v) is 2.60. The van der Waals surface area contributed by atoms with E-state index in [1.54, 1.807) is 0 Å². The highest BCUT2D eigenvalue weighted by Crippen LogP contribution is 2.13. The largest absolute Gasteiger partial charge is 0.383 e. The molecule has 0 saturated heterocycles. The predicted molar refractivity (Wildman–Crippen MR) is 90.4 cm³/mol. The second-order valence-corrected chi connectivity index (χ2v) is 6.09. The number of rotatable bonds is 15. The molecule has 1 atom stereocenters. The summed E-state index contributed by atoms with van der Waals surface area (Å²) in [6, 6.07) is 0. The Morgan fingerprint density at radius 2 is 1.24 bits per heavy atom. The van der Waals surface area contributed by atoms with Crippen LogP contribution in [0.2, 0.25) is 0 Å². The van der Waals surface area contributed by atoms with Gasteiger partial charge in [0.15, 0.2) is 0 Å². The molecule has 0 aliphatic rings. The van der Waals surface area contributed by atoms with Crippen molar-refractivity contribution < 1.29 is 9.90 Å². The molecule has 0 fully saturated rings. The van der Waals surface area contributed by atoms with Crippen LogP contribution in [-0.4, -0.2) is 23.7 Å². The van der Waals surface area contributed by atoms with Crippen LogP contribution in [0, 0.1) is 0 Å². The highest BCUT2D eigenvalue weighted by atomic mass is 16.3. The maximum Gasteiger partial charge on any atom is 0.248 e. The number of amides is 1. The van der Waals surface area contributed by atoms with Crippen LogP contribution in [-0.2, 0) is 4.79 Å². The molecule has 0 aromatic rings. The van der Waals surface area contributed by atoms with Crippen molar-refractivity contribution in [3.63, 3.8) is 0 Å². The zero-order valence-electron chi connectivity index (χ0n) is 14.3. The van der Waals surface area contributed by atoms with E-state index >= 15 is 0 Å². The second kappa shape index (κ2) is 15.8. The lowest BCUT2D eigenvalue weighted by atomic mass is 10.0. The van der Waals surface area contributed by atoms with Crippen molar-refractivity contribution >= 4 is 5.91 Å². The summed E-state index contributed by atoms with van der Waals surface area (Å²) < 4.78 is 0.